The molecule has 0 bridgehead atoms. The van der Waals surface area contributed by atoms with Gasteiger partial charge in [-0.25, -0.2) is 0 Å². The number of aromatic nitrogens is 2. The molecule has 1 aliphatic heterocycles. The number of hydrogen-bond acceptors (Lipinski definition) is 6. The first-order chi connectivity index (χ1) is 15.2. The first-order valence-electron chi connectivity index (χ1n) is 10.8. The Morgan fingerprint density at radius 1 is 0.935 bits per heavy atom. The van der Waals surface area contributed by atoms with Crippen molar-refractivity contribution in [3.63, 3.8) is 0 Å². The van der Waals surface area contributed by atoms with Crippen molar-refractivity contribution in [1.82, 2.24) is 20.0 Å². The average molecular weight is 441 g/mol. The van der Waals surface area contributed by atoms with Crippen molar-refractivity contribution in [3.8, 4) is 11.5 Å². The minimum absolute atomic E-state index is 0.370. The summed E-state index contributed by atoms with van der Waals surface area (Å²) in [5, 5.41) is 10.7. The molecule has 7 heteroatoms. The number of nitrogens with zero attached hydrogens (tertiary/aromatic N) is 4. The number of fused-ring (bicyclic) bond motifs is 1. The van der Waals surface area contributed by atoms with Gasteiger partial charge in [0.1, 0.15) is 6.61 Å². The van der Waals surface area contributed by atoms with Crippen molar-refractivity contribution >= 4 is 22.4 Å². The quantitative estimate of drug-likeness (QED) is 0.529. The lowest BCUT2D eigenvalue weighted by atomic mass is 10.0. The van der Waals surface area contributed by atoms with Gasteiger partial charge in [0.15, 0.2) is 16.7 Å². The fourth-order valence-electron chi connectivity index (χ4n) is 3.99. The average Bonchev–Trinajstić information content (AvgIpc) is 2.82. The van der Waals surface area contributed by atoms with Gasteiger partial charge >= 0.3 is 0 Å². The number of piperazine rings is 1. The molecule has 0 spiro atoms. The number of methoxy groups -OCH3 is 1. The summed E-state index contributed by atoms with van der Waals surface area (Å²) >= 11 is 6.40. The molecule has 3 aromatic rings. The Morgan fingerprint density at radius 3 is 2.35 bits per heavy atom. The Morgan fingerprint density at radius 2 is 1.65 bits per heavy atom. The largest absolute Gasteiger partial charge is 0.493 e. The molecule has 31 heavy (non-hydrogen) atoms. The van der Waals surface area contributed by atoms with Crippen LogP contribution in [0, 0.1) is 0 Å². The van der Waals surface area contributed by atoms with Crippen LogP contribution in [0.4, 0.5) is 0 Å². The van der Waals surface area contributed by atoms with Gasteiger partial charge in [0.05, 0.1) is 12.8 Å². The maximum absolute atomic E-state index is 6.40. The van der Waals surface area contributed by atoms with E-state index in [-0.39, 0.29) is 0 Å². The number of rotatable bonds is 8. The van der Waals surface area contributed by atoms with Crippen LogP contribution in [0.2, 0.25) is 5.15 Å². The second-order valence-electron chi connectivity index (χ2n) is 7.77. The van der Waals surface area contributed by atoms with Crippen LogP contribution in [0.5, 0.6) is 11.5 Å². The Hall–Kier alpha value is -2.41. The van der Waals surface area contributed by atoms with Crippen LogP contribution < -0.4 is 9.47 Å². The zero-order valence-electron chi connectivity index (χ0n) is 18.2. The number of likely N-dealkylation sites (N-methyl/N-ethyl adjacent to an activating group) is 1. The molecular weight excluding hydrogens is 412 g/mol. The summed E-state index contributed by atoms with van der Waals surface area (Å²) in [4.78, 5) is 4.91. The van der Waals surface area contributed by atoms with E-state index in [9.17, 15) is 0 Å². The topological polar surface area (TPSA) is 50.7 Å². The highest BCUT2D eigenvalue weighted by Crippen LogP contribution is 2.36. The molecule has 0 saturated carbocycles. The number of hydrogen-bond donors (Lipinski definition) is 0. The van der Waals surface area contributed by atoms with E-state index in [0.717, 1.165) is 55.7 Å². The molecule has 0 amide bonds. The highest BCUT2D eigenvalue weighted by Gasteiger charge is 2.17. The van der Waals surface area contributed by atoms with E-state index in [4.69, 9.17) is 21.1 Å². The monoisotopic (exact) mass is 440 g/mol. The van der Waals surface area contributed by atoms with E-state index in [1.807, 2.05) is 30.3 Å². The van der Waals surface area contributed by atoms with Gasteiger partial charge in [0.25, 0.3) is 0 Å². The normalized spacial score (nSPS) is 15.3. The van der Waals surface area contributed by atoms with Gasteiger partial charge in [-0.05, 0) is 24.2 Å². The van der Waals surface area contributed by atoms with Gasteiger partial charge in [-0.3, -0.25) is 4.90 Å². The van der Waals surface area contributed by atoms with Crippen molar-refractivity contribution < 1.29 is 9.47 Å². The van der Waals surface area contributed by atoms with Crippen LogP contribution in [0.15, 0.2) is 42.5 Å². The third kappa shape index (κ3) is 5.26. The fraction of sp³-hybridized carbons (Fsp3) is 0.417. The number of ether oxygens (including phenoxy) is 2. The first-order valence-corrected chi connectivity index (χ1v) is 11.2. The molecule has 2 heterocycles. The van der Waals surface area contributed by atoms with Gasteiger partial charge in [-0.15, -0.1) is 5.10 Å². The van der Waals surface area contributed by atoms with E-state index in [1.165, 1.54) is 5.56 Å². The minimum Gasteiger partial charge on any atom is -0.493 e. The van der Waals surface area contributed by atoms with E-state index in [2.05, 4.69) is 39.1 Å². The van der Waals surface area contributed by atoms with E-state index in [1.54, 1.807) is 7.11 Å². The van der Waals surface area contributed by atoms with Crippen molar-refractivity contribution in [3.05, 3.63) is 58.9 Å². The van der Waals surface area contributed by atoms with Crippen LogP contribution in [-0.4, -0.2) is 73.0 Å². The van der Waals surface area contributed by atoms with Crippen LogP contribution in [-0.2, 0) is 6.42 Å². The van der Waals surface area contributed by atoms with Crippen molar-refractivity contribution in [1.29, 1.82) is 0 Å². The first kappa shape index (κ1) is 21.8. The molecule has 0 N–H and O–H groups in total. The van der Waals surface area contributed by atoms with Crippen LogP contribution in [0.3, 0.4) is 0 Å². The van der Waals surface area contributed by atoms with Gasteiger partial charge in [0.2, 0.25) is 0 Å². The molecule has 1 fully saturated rings. The smallest absolute Gasteiger partial charge is 0.161 e. The molecular formula is C24H29ClN4O2. The molecule has 4 rings (SSSR count). The maximum Gasteiger partial charge on any atom is 0.161 e. The third-order valence-electron chi connectivity index (χ3n) is 5.89. The molecule has 164 valence electrons. The lowest BCUT2D eigenvalue weighted by molar-refractivity contribution is 0.120. The summed E-state index contributed by atoms with van der Waals surface area (Å²) in [5.74, 6) is 1.37. The zero-order valence-corrected chi connectivity index (χ0v) is 18.9. The SMILES string of the molecule is CCN1CCN(CCOc2cc3c(Cl)nnc(Cc4ccccc4)c3cc2OC)CC1. The van der Waals surface area contributed by atoms with Gasteiger partial charge in [0, 0.05) is 49.9 Å². The summed E-state index contributed by atoms with van der Waals surface area (Å²) in [7, 11) is 1.66. The molecule has 2 aromatic carbocycles. The standard InChI is InChI=1S/C24H29ClN4O2/c1-3-28-9-11-29(12-10-28)13-14-31-23-17-20-19(16-22(23)30-2)21(26-27-24(20)25)15-18-7-5-4-6-8-18/h4-8,16-17H,3,9-15H2,1-2H3. The molecule has 0 unspecified atom stereocenters. The summed E-state index contributed by atoms with van der Waals surface area (Å²) < 4.78 is 11.8. The second-order valence-corrected chi connectivity index (χ2v) is 8.13. The Labute approximate surface area is 188 Å². The van der Waals surface area contributed by atoms with Gasteiger partial charge in [-0.2, -0.15) is 5.10 Å². The minimum atomic E-state index is 0.370. The Kier molecular flexibility index (Phi) is 7.22. The predicted octanol–water partition coefficient (Wildman–Crippen LogP) is 3.90. The van der Waals surface area contributed by atoms with Crippen LogP contribution >= 0.6 is 11.6 Å². The molecule has 1 saturated heterocycles. The molecule has 0 atom stereocenters. The highest BCUT2D eigenvalue weighted by atomic mass is 35.5. The molecule has 1 aromatic heterocycles. The van der Waals surface area contributed by atoms with Gasteiger partial charge < -0.3 is 14.4 Å². The van der Waals surface area contributed by atoms with Crippen LogP contribution in [0.1, 0.15) is 18.2 Å². The lowest BCUT2D eigenvalue weighted by Crippen LogP contribution is -2.47. The fourth-order valence-corrected chi connectivity index (χ4v) is 4.18. The molecule has 0 aliphatic carbocycles. The van der Waals surface area contributed by atoms with Crippen molar-refractivity contribution in [2.75, 3.05) is 53.0 Å². The maximum atomic E-state index is 6.40. The van der Waals surface area contributed by atoms with E-state index >= 15 is 0 Å². The molecule has 6 nitrogen and oxygen atoms in total. The zero-order chi connectivity index (χ0) is 21.6. The van der Waals surface area contributed by atoms with Crippen molar-refractivity contribution in [2.45, 2.75) is 13.3 Å². The van der Waals surface area contributed by atoms with Gasteiger partial charge in [-0.1, -0.05) is 48.9 Å². The number of benzene rings is 2. The summed E-state index contributed by atoms with van der Waals surface area (Å²) in [5.41, 5.74) is 2.03. The Bertz CT molecular complexity index is 1010. The Balaban J connectivity index is 1.51. The predicted molar refractivity (Wildman–Crippen MR) is 124 cm³/mol. The van der Waals surface area contributed by atoms with E-state index < -0.39 is 0 Å². The summed E-state index contributed by atoms with van der Waals surface area (Å²) in [6.45, 7) is 9.22. The van der Waals surface area contributed by atoms with E-state index in [0.29, 0.717) is 29.7 Å². The second kappa shape index (κ2) is 10.3. The summed E-state index contributed by atoms with van der Waals surface area (Å²) in [6.07, 6.45) is 0.675. The highest BCUT2D eigenvalue weighted by molar-refractivity contribution is 6.34. The number of halogens is 1. The summed E-state index contributed by atoms with van der Waals surface area (Å²) in [6, 6.07) is 14.1. The van der Waals surface area contributed by atoms with Crippen LogP contribution in [0.25, 0.3) is 10.8 Å². The van der Waals surface area contributed by atoms with Crippen molar-refractivity contribution in [2.24, 2.45) is 0 Å². The molecule has 0 radical (unpaired) electrons. The third-order valence-corrected chi connectivity index (χ3v) is 6.17. The lowest BCUT2D eigenvalue weighted by Gasteiger charge is -2.33. The molecule has 1 aliphatic rings.